The Morgan fingerprint density at radius 1 is 0.917 bits per heavy atom. The second-order valence-corrected chi connectivity index (χ2v) is 6.11. The number of alkyl halides is 3. The van der Waals surface area contributed by atoms with E-state index in [1.807, 2.05) is 0 Å². The van der Waals surface area contributed by atoms with E-state index < -0.39 is 11.7 Å². The Morgan fingerprint density at radius 2 is 1.46 bits per heavy atom. The van der Waals surface area contributed by atoms with Gasteiger partial charge in [-0.3, -0.25) is 0 Å². The average Bonchev–Trinajstić information content (AvgIpc) is 2.56. The fourth-order valence-electron chi connectivity index (χ4n) is 2.69. The van der Waals surface area contributed by atoms with Crippen molar-refractivity contribution in [2.24, 2.45) is 0 Å². The third kappa shape index (κ3) is 7.89. The molecule has 0 saturated heterocycles. The van der Waals surface area contributed by atoms with Gasteiger partial charge >= 0.3 is 6.18 Å². The van der Waals surface area contributed by atoms with Gasteiger partial charge in [-0.25, -0.2) is 0 Å². The molecule has 0 aliphatic carbocycles. The van der Waals surface area contributed by atoms with Gasteiger partial charge in [-0.15, -0.1) is 0 Å². The average molecular weight is 342 g/mol. The molecule has 0 amide bonds. The number of allylic oxidation sites excluding steroid dienone is 2. The van der Waals surface area contributed by atoms with Crippen LogP contribution < -0.4 is 4.74 Å². The smallest absolute Gasteiger partial charge is 0.416 e. The predicted octanol–water partition coefficient (Wildman–Crippen LogP) is 7.17. The van der Waals surface area contributed by atoms with Gasteiger partial charge in [0.2, 0.25) is 0 Å². The minimum atomic E-state index is -4.32. The van der Waals surface area contributed by atoms with E-state index in [-0.39, 0.29) is 5.56 Å². The fraction of sp³-hybridized carbons (Fsp3) is 0.600. The maximum atomic E-state index is 13.2. The first-order chi connectivity index (χ1) is 11.5. The monoisotopic (exact) mass is 342 g/mol. The quantitative estimate of drug-likeness (QED) is 0.387. The van der Waals surface area contributed by atoms with Gasteiger partial charge in [-0.2, -0.15) is 13.2 Å². The minimum absolute atomic E-state index is 0.197. The molecule has 24 heavy (non-hydrogen) atoms. The number of hydrogen-bond acceptors (Lipinski definition) is 1. The highest BCUT2D eigenvalue weighted by atomic mass is 19.4. The first-order valence-electron chi connectivity index (χ1n) is 8.90. The summed E-state index contributed by atoms with van der Waals surface area (Å²) in [5.41, 5.74) is -0.351. The lowest BCUT2D eigenvalue weighted by Crippen LogP contribution is -2.10. The van der Waals surface area contributed by atoms with Crippen molar-refractivity contribution in [1.82, 2.24) is 0 Å². The zero-order valence-corrected chi connectivity index (χ0v) is 14.8. The number of unbranched alkanes of at least 4 members (excludes halogenated alkanes) is 8. The Bertz CT molecular complexity index is 475. The van der Waals surface area contributed by atoms with Crippen LogP contribution in [0.15, 0.2) is 30.3 Å². The Morgan fingerprint density at radius 3 is 1.96 bits per heavy atom. The Hall–Kier alpha value is -1.45. The van der Waals surface area contributed by atoms with Crippen LogP contribution in [0.2, 0.25) is 0 Å². The van der Waals surface area contributed by atoms with Crippen LogP contribution in [0.3, 0.4) is 0 Å². The molecule has 0 spiro atoms. The summed E-state index contributed by atoms with van der Waals surface area (Å²) in [6.45, 7) is 2.19. The molecular formula is C20H29F3O. The largest absolute Gasteiger partial charge is 0.497 e. The van der Waals surface area contributed by atoms with E-state index in [0.717, 1.165) is 19.3 Å². The molecule has 0 heterocycles. The second kappa shape index (κ2) is 11.2. The molecule has 4 heteroatoms. The zero-order chi connectivity index (χ0) is 17.8. The normalized spacial score (nSPS) is 12.5. The van der Waals surface area contributed by atoms with Crippen LogP contribution in [0, 0.1) is 0 Å². The van der Waals surface area contributed by atoms with Gasteiger partial charge in [0.1, 0.15) is 5.75 Å². The van der Waals surface area contributed by atoms with Crippen molar-refractivity contribution in [2.45, 2.75) is 70.9 Å². The molecular weight excluding hydrogens is 313 g/mol. The highest BCUT2D eigenvalue weighted by Gasteiger charge is 2.34. The molecule has 1 rings (SSSR count). The highest BCUT2D eigenvalue weighted by Crippen LogP contribution is 2.35. The summed E-state index contributed by atoms with van der Waals surface area (Å²) in [6, 6.07) is 6.05. The second-order valence-electron chi connectivity index (χ2n) is 6.11. The van der Waals surface area contributed by atoms with Crippen molar-refractivity contribution < 1.29 is 17.9 Å². The summed E-state index contributed by atoms with van der Waals surface area (Å²) >= 11 is 0. The first kappa shape index (κ1) is 20.6. The molecule has 0 aliphatic rings. The Labute approximate surface area is 143 Å². The van der Waals surface area contributed by atoms with Gasteiger partial charge in [0.15, 0.2) is 0 Å². The van der Waals surface area contributed by atoms with Gasteiger partial charge in [0, 0.05) is 0 Å². The third-order valence-corrected chi connectivity index (χ3v) is 4.11. The van der Waals surface area contributed by atoms with Crippen LogP contribution in [-0.4, -0.2) is 13.3 Å². The van der Waals surface area contributed by atoms with E-state index in [1.165, 1.54) is 57.4 Å². The number of benzene rings is 1. The maximum Gasteiger partial charge on any atom is 0.416 e. The highest BCUT2D eigenvalue weighted by molar-refractivity contribution is 5.69. The molecule has 0 bridgehead atoms. The summed E-state index contributed by atoms with van der Waals surface area (Å²) < 4.78 is 44.7. The van der Waals surface area contributed by atoms with Crippen molar-refractivity contribution in [3.63, 3.8) is 0 Å². The Balaban J connectivity index is 2.46. The number of hydrogen-bond donors (Lipinski definition) is 0. The van der Waals surface area contributed by atoms with Crippen LogP contribution in [-0.2, 0) is 0 Å². The Kier molecular flexibility index (Phi) is 9.58. The molecule has 1 aromatic carbocycles. The van der Waals surface area contributed by atoms with E-state index in [4.69, 9.17) is 4.74 Å². The molecule has 0 aromatic heterocycles. The number of methoxy groups -OCH3 is 1. The molecule has 0 aliphatic heterocycles. The van der Waals surface area contributed by atoms with Gasteiger partial charge in [-0.05, 0) is 30.5 Å². The maximum absolute atomic E-state index is 13.2. The van der Waals surface area contributed by atoms with Crippen LogP contribution >= 0.6 is 0 Å². The summed E-state index contributed by atoms with van der Waals surface area (Å²) in [4.78, 5) is 0. The van der Waals surface area contributed by atoms with E-state index >= 15 is 0 Å². The van der Waals surface area contributed by atoms with Crippen molar-refractivity contribution in [3.8, 4) is 5.75 Å². The van der Waals surface area contributed by atoms with Crippen LogP contribution in [0.4, 0.5) is 13.2 Å². The topological polar surface area (TPSA) is 9.23 Å². The van der Waals surface area contributed by atoms with Crippen molar-refractivity contribution in [2.75, 3.05) is 7.11 Å². The number of rotatable bonds is 11. The predicted molar refractivity (Wildman–Crippen MR) is 94.3 cm³/mol. The molecule has 0 unspecified atom stereocenters. The van der Waals surface area contributed by atoms with E-state index in [9.17, 15) is 13.2 Å². The molecule has 0 atom stereocenters. The van der Waals surface area contributed by atoms with E-state index in [1.54, 1.807) is 12.1 Å². The standard InChI is InChI=1S/C20H29F3O/c1-3-4-5-6-7-8-9-10-11-12-19(20(21,22)23)17-13-15-18(24-2)16-14-17/h12-16H,3-11H2,1-2H3/b19-12-. The first-order valence-corrected chi connectivity index (χ1v) is 8.90. The lowest BCUT2D eigenvalue weighted by Gasteiger charge is -2.13. The van der Waals surface area contributed by atoms with Crippen LogP contribution in [0.25, 0.3) is 5.57 Å². The SMILES string of the molecule is CCCCCCCCCC/C=C(/c1ccc(OC)cc1)C(F)(F)F. The van der Waals surface area contributed by atoms with E-state index in [0.29, 0.717) is 12.2 Å². The number of ether oxygens (including phenoxy) is 1. The van der Waals surface area contributed by atoms with E-state index in [2.05, 4.69) is 6.92 Å². The van der Waals surface area contributed by atoms with Crippen LogP contribution in [0.5, 0.6) is 5.75 Å². The summed E-state index contributed by atoms with van der Waals surface area (Å²) in [7, 11) is 1.50. The van der Waals surface area contributed by atoms with Gasteiger partial charge in [0.25, 0.3) is 0 Å². The molecule has 0 fully saturated rings. The summed E-state index contributed by atoms with van der Waals surface area (Å²) in [6.07, 6.45) is 6.60. The summed E-state index contributed by atoms with van der Waals surface area (Å²) in [5, 5.41) is 0. The lowest BCUT2D eigenvalue weighted by molar-refractivity contribution is -0.0690. The molecule has 0 radical (unpaired) electrons. The minimum Gasteiger partial charge on any atom is -0.497 e. The molecule has 1 aromatic rings. The van der Waals surface area contributed by atoms with Gasteiger partial charge in [0.05, 0.1) is 12.7 Å². The number of halogens is 3. The lowest BCUT2D eigenvalue weighted by atomic mass is 10.0. The zero-order valence-electron chi connectivity index (χ0n) is 14.8. The van der Waals surface area contributed by atoms with Gasteiger partial charge in [-0.1, -0.05) is 70.1 Å². The molecule has 136 valence electrons. The van der Waals surface area contributed by atoms with Crippen molar-refractivity contribution >= 4 is 5.57 Å². The summed E-state index contributed by atoms with van der Waals surface area (Å²) in [5.74, 6) is 0.559. The third-order valence-electron chi connectivity index (χ3n) is 4.11. The molecule has 1 nitrogen and oxygen atoms in total. The van der Waals surface area contributed by atoms with Crippen molar-refractivity contribution in [3.05, 3.63) is 35.9 Å². The molecule has 0 N–H and O–H groups in total. The molecule has 0 saturated carbocycles. The van der Waals surface area contributed by atoms with Crippen LogP contribution in [0.1, 0.15) is 70.3 Å². The van der Waals surface area contributed by atoms with Gasteiger partial charge < -0.3 is 4.74 Å². The fourth-order valence-corrected chi connectivity index (χ4v) is 2.69. The van der Waals surface area contributed by atoms with Crippen molar-refractivity contribution in [1.29, 1.82) is 0 Å².